The Hall–Kier alpha value is -1.64. The largest absolute Gasteiger partial charge is 0.438 e. The highest BCUT2D eigenvalue weighted by Gasteiger charge is 2.19. The zero-order chi connectivity index (χ0) is 15.5. The van der Waals surface area contributed by atoms with E-state index in [2.05, 4.69) is 17.0 Å². The van der Waals surface area contributed by atoms with Gasteiger partial charge in [-0.2, -0.15) is 0 Å². The highest BCUT2D eigenvalue weighted by atomic mass is 32.2. The molecule has 2 aromatic heterocycles. The Morgan fingerprint density at radius 2 is 1.95 bits per heavy atom. The smallest absolute Gasteiger partial charge is 0.287 e. The topological polar surface area (TPSA) is 88.4 Å². The number of aryl methyl sites for hydroxylation is 1. The molecule has 0 unspecified atom stereocenters. The summed E-state index contributed by atoms with van der Waals surface area (Å²) >= 11 is 1.63. The van der Waals surface area contributed by atoms with Gasteiger partial charge in [0.05, 0.1) is 6.54 Å². The van der Waals surface area contributed by atoms with E-state index in [4.69, 9.17) is 4.42 Å². The lowest BCUT2D eigenvalue weighted by Gasteiger charge is -2.01. The molecule has 0 saturated heterocycles. The van der Waals surface area contributed by atoms with E-state index >= 15 is 0 Å². The first-order chi connectivity index (χ1) is 9.96. The Morgan fingerprint density at radius 1 is 1.24 bits per heavy atom. The van der Waals surface area contributed by atoms with E-state index in [0.717, 1.165) is 11.3 Å². The summed E-state index contributed by atoms with van der Waals surface area (Å²) in [6, 6.07) is 6.58. The third-order valence-corrected chi connectivity index (χ3v) is 5.34. The second-order valence-corrected chi connectivity index (χ2v) is 7.30. The lowest BCUT2D eigenvalue weighted by molar-refractivity contribution is 0.0918. The fourth-order valence-electron chi connectivity index (χ4n) is 1.65. The molecule has 6 nitrogen and oxygen atoms in total. The fourth-order valence-corrected chi connectivity index (χ4v) is 3.19. The number of rotatable bonds is 6. The van der Waals surface area contributed by atoms with Crippen LogP contribution >= 0.6 is 11.3 Å². The summed E-state index contributed by atoms with van der Waals surface area (Å²) < 4.78 is 30.2. The molecule has 0 aromatic carbocycles. The van der Waals surface area contributed by atoms with Crippen LogP contribution in [-0.2, 0) is 23.0 Å². The van der Waals surface area contributed by atoms with Crippen molar-refractivity contribution in [3.8, 4) is 0 Å². The average molecular weight is 328 g/mol. The van der Waals surface area contributed by atoms with Crippen molar-refractivity contribution < 1.29 is 17.6 Å². The summed E-state index contributed by atoms with van der Waals surface area (Å²) in [4.78, 5) is 14.2. The number of amides is 1. The minimum atomic E-state index is -3.67. The van der Waals surface area contributed by atoms with Gasteiger partial charge in [0.2, 0.25) is 5.09 Å². The number of carbonyl (C=O) groups excluding carboxylic acids is 1. The lowest BCUT2D eigenvalue weighted by Crippen LogP contribution is -2.22. The maximum absolute atomic E-state index is 11.9. The number of hydrogen-bond acceptors (Lipinski definition) is 5. The van der Waals surface area contributed by atoms with Gasteiger partial charge in [0.25, 0.3) is 15.9 Å². The van der Waals surface area contributed by atoms with Gasteiger partial charge in [-0.3, -0.25) is 4.79 Å². The number of furan rings is 1. The molecule has 0 radical (unpaired) electrons. The van der Waals surface area contributed by atoms with Gasteiger partial charge >= 0.3 is 0 Å². The van der Waals surface area contributed by atoms with Crippen molar-refractivity contribution in [2.45, 2.75) is 25.0 Å². The number of nitrogens with one attached hydrogen (secondary N) is 2. The van der Waals surface area contributed by atoms with Crippen molar-refractivity contribution in [2.24, 2.45) is 0 Å². The molecule has 1 amide bonds. The first-order valence-corrected chi connectivity index (χ1v) is 8.65. The second-order valence-electron chi connectivity index (χ2n) is 4.23. The monoisotopic (exact) mass is 328 g/mol. The van der Waals surface area contributed by atoms with Crippen LogP contribution in [0.5, 0.6) is 0 Å². The van der Waals surface area contributed by atoms with Crippen LogP contribution in [-0.4, -0.2) is 21.4 Å². The highest BCUT2D eigenvalue weighted by molar-refractivity contribution is 7.89. The SMILES string of the molecule is CCc1ccc(CNC(=O)c2ccc(S(=O)(=O)NC)o2)s1. The highest BCUT2D eigenvalue weighted by Crippen LogP contribution is 2.17. The van der Waals surface area contributed by atoms with Gasteiger partial charge in [-0.05, 0) is 37.7 Å². The molecule has 0 fully saturated rings. The summed E-state index contributed by atoms with van der Waals surface area (Å²) in [5.74, 6) is -0.477. The van der Waals surface area contributed by atoms with E-state index in [9.17, 15) is 13.2 Å². The molecule has 2 N–H and O–H groups in total. The summed E-state index contributed by atoms with van der Waals surface area (Å²) in [6.45, 7) is 2.46. The van der Waals surface area contributed by atoms with Crippen molar-refractivity contribution >= 4 is 27.3 Å². The maximum Gasteiger partial charge on any atom is 0.287 e. The Kier molecular flexibility index (Phi) is 4.81. The van der Waals surface area contributed by atoms with E-state index in [-0.39, 0.29) is 10.9 Å². The molecule has 2 heterocycles. The van der Waals surface area contributed by atoms with E-state index in [1.807, 2.05) is 12.1 Å². The van der Waals surface area contributed by atoms with Crippen molar-refractivity contribution in [1.29, 1.82) is 0 Å². The summed E-state index contributed by atoms with van der Waals surface area (Å²) in [5, 5.41) is 2.42. The van der Waals surface area contributed by atoms with Gasteiger partial charge in [0.15, 0.2) is 5.76 Å². The summed E-state index contributed by atoms with van der Waals surface area (Å²) in [5.41, 5.74) is 0. The van der Waals surface area contributed by atoms with Crippen molar-refractivity contribution in [3.63, 3.8) is 0 Å². The minimum absolute atomic E-state index is 0.0314. The Morgan fingerprint density at radius 3 is 2.57 bits per heavy atom. The van der Waals surface area contributed by atoms with Gasteiger partial charge in [-0.15, -0.1) is 11.3 Å². The molecule has 0 saturated carbocycles. The molecule has 0 aliphatic rings. The van der Waals surface area contributed by atoms with Crippen LogP contribution in [0.25, 0.3) is 0 Å². The molecule has 0 aliphatic heterocycles. The van der Waals surface area contributed by atoms with E-state index in [1.165, 1.54) is 24.1 Å². The summed E-state index contributed by atoms with van der Waals surface area (Å²) in [7, 11) is -2.40. The number of hydrogen-bond donors (Lipinski definition) is 2. The Labute approximate surface area is 127 Å². The first kappa shape index (κ1) is 15.7. The number of sulfonamides is 1. The van der Waals surface area contributed by atoms with Crippen LogP contribution in [0.4, 0.5) is 0 Å². The van der Waals surface area contributed by atoms with Crippen molar-refractivity contribution in [2.75, 3.05) is 7.05 Å². The zero-order valence-corrected chi connectivity index (χ0v) is 13.3. The molecule has 0 spiro atoms. The van der Waals surface area contributed by atoms with E-state index in [1.54, 1.807) is 11.3 Å². The van der Waals surface area contributed by atoms with Gasteiger partial charge in [0.1, 0.15) is 0 Å². The minimum Gasteiger partial charge on any atom is -0.438 e. The third kappa shape index (κ3) is 3.72. The third-order valence-electron chi connectivity index (χ3n) is 2.83. The van der Waals surface area contributed by atoms with Crippen LogP contribution in [0.3, 0.4) is 0 Å². The molecular formula is C13H16N2O4S2. The molecule has 0 atom stereocenters. The average Bonchev–Trinajstić information content (AvgIpc) is 3.13. The van der Waals surface area contributed by atoms with Gasteiger partial charge in [-0.25, -0.2) is 13.1 Å². The van der Waals surface area contributed by atoms with Crippen molar-refractivity contribution in [1.82, 2.24) is 10.0 Å². The Bertz CT molecular complexity index is 731. The molecule has 8 heteroatoms. The molecule has 2 rings (SSSR count). The van der Waals surface area contributed by atoms with Crippen LogP contribution in [0.1, 0.15) is 27.2 Å². The fraction of sp³-hybridized carbons (Fsp3) is 0.308. The van der Waals surface area contributed by atoms with E-state index < -0.39 is 15.9 Å². The van der Waals surface area contributed by atoms with Gasteiger partial charge in [0, 0.05) is 9.75 Å². The quantitative estimate of drug-likeness (QED) is 0.845. The van der Waals surface area contributed by atoms with Crippen LogP contribution in [0, 0.1) is 0 Å². The molecule has 114 valence electrons. The van der Waals surface area contributed by atoms with Gasteiger partial charge in [-0.1, -0.05) is 6.92 Å². The van der Waals surface area contributed by atoms with Crippen LogP contribution in [0.15, 0.2) is 33.8 Å². The molecule has 0 aliphatic carbocycles. The van der Waals surface area contributed by atoms with Crippen LogP contribution in [0.2, 0.25) is 0 Å². The number of carbonyl (C=O) groups is 1. The van der Waals surface area contributed by atoms with Crippen molar-refractivity contribution in [3.05, 3.63) is 39.8 Å². The Balaban J connectivity index is 2.01. The first-order valence-electron chi connectivity index (χ1n) is 6.35. The summed E-state index contributed by atoms with van der Waals surface area (Å²) in [6.07, 6.45) is 0.960. The molecule has 2 aromatic rings. The lowest BCUT2D eigenvalue weighted by atomic mass is 10.3. The predicted molar refractivity (Wildman–Crippen MR) is 79.8 cm³/mol. The number of thiophene rings is 1. The standard InChI is InChI=1S/C13H16N2O4S2/c1-3-9-4-5-10(20-9)8-15-13(16)11-6-7-12(19-11)21(17,18)14-2/h4-7,14H,3,8H2,1-2H3,(H,15,16). The van der Waals surface area contributed by atoms with Crippen LogP contribution < -0.4 is 10.0 Å². The zero-order valence-electron chi connectivity index (χ0n) is 11.7. The second kappa shape index (κ2) is 6.42. The van der Waals surface area contributed by atoms with E-state index in [0.29, 0.717) is 6.54 Å². The normalized spacial score (nSPS) is 11.5. The molecule has 0 bridgehead atoms. The maximum atomic E-state index is 11.9. The van der Waals surface area contributed by atoms with Gasteiger partial charge < -0.3 is 9.73 Å². The predicted octanol–water partition coefficient (Wildman–Crippen LogP) is 1.74. The molecular weight excluding hydrogens is 312 g/mol. The molecule has 21 heavy (non-hydrogen) atoms.